The van der Waals surface area contributed by atoms with Crippen LogP contribution in [0.3, 0.4) is 0 Å². The number of halogens is 1. The second-order valence-corrected chi connectivity index (χ2v) is 4.01. The smallest absolute Gasteiger partial charge is 0.160 e. The molecule has 0 unspecified atom stereocenters. The zero-order valence-corrected chi connectivity index (χ0v) is 9.78. The van der Waals surface area contributed by atoms with E-state index in [1.807, 2.05) is 24.4 Å². The highest BCUT2D eigenvalue weighted by Crippen LogP contribution is 2.23. The van der Waals surface area contributed by atoms with E-state index in [4.69, 9.17) is 0 Å². The number of fused-ring (bicyclic) bond motifs is 1. The molecule has 0 atom stereocenters. The molecule has 0 saturated carbocycles. The van der Waals surface area contributed by atoms with Gasteiger partial charge in [0.2, 0.25) is 0 Å². The summed E-state index contributed by atoms with van der Waals surface area (Å²) in [5.74, 6) is 1.68. The van der Waals surface area contributed by atoms with Crippen LogP contribution >= 0.6 is 12.4 Å². The molecule has 0 radical (unpaired) electrons. The maximum absolute atomic E-state index is 4.30. The number of piperidine rings is 1. The number of pyridine rings is 1. The summed E-state index contributed by atoms with van der Waals surface area (Å²) in [5.41, 5.74) is 0.950. The SMILES string of the molecule is Cl.c1ccn2c(C3CCNCC3)nnc2c1. The highest BCUT2D eigenvalue weighted by Gasteiger charge is 2.19. The van der Waals surface area contributed by atoms with E-state index in [9.17, 15) is 0 Å². The van der Waals surface area contributed by atoms with E-state index >= 15 is 0 Å². The molecule has 0 aliphatic carbocycles. The number of rotatable bonds is 1. The molecule has 3 rings (SSSR count). The van der Waals surface area contributed by atoms with Gasteiger partial charge in [-0.05, 0) is 38.1 Å². The first-order valence-corrected chi connectivity index (χ1v) is 5.45. The van der Waals surface area contributed by atoms with Gasteiger partial charge < -0.3 is 5.32 Å². The van der Waals surface area contributed by atoms with Gasteiger partial charge in [-0.3, -0.25) is 4.40 Å². The molecule has 0 amide bonds. The van der Waals surface area contributed by atoms with Crippen LogP contribution < -0.4 is 5.32 Å². The van der Waals surface area contributed by atoms with Crippen molar-refractivity contribution < 1.29 is 0 Å². The molecule has 0 spiro atoms. The Morgan fingerprint density at radius 1 is 1.19 bits per heavy atom. The van der Waals surface area contributed by atoms with Crippen molar-refractivity contribution in [3.8, 4) is 0 Å². The Balaban J connectivity index is 0.000000963. The van der Waals surface area contributed by atoms with Crippen LogP contribution in [0.4, 0.5) is 0 Å². The summed E-state index contributed by atoms with van der Waals surface area (Å²) in [6, 6.07) is 6.02. The zero-order valence-electron chi connectivity index (χ0n) is 8.97. The molecular weight excluding hydrogens is 224 g/mol. The lowest BCUT2D eigenvalue weighted by atomic mass is 9.97. The Labute approximate surface area is 100 Å². The normalized spacial score (nSPS) is 17.2. The molecule has 1 aliphatic rings. The minimum Gasteiger partial charge on any atom is -0.317 e. The van der Waals surface area contributed by atoms with Gasteiger partial charge in [-0.25, -0.2) is 0 Å². The Bertz CT molecular complexity index is 462. The average Bonchev–Trinajstić information content (AvgIpc) is 2.74. The first kappa shape index (κ1) is 11.4. The van der Waals surface area contributed by atoms with Gasteiger partial charge in [-0.2, -0.15) is 0 Å². The summed E-state index contributed by atoms with van der Waals surface area (Å²) in [6.07, 6.45) is 4.37. The van der Waals surface area contributed by atoms with Gasteiger partial charge in [0.05, 0.1) is 0 Å². The van der Waals surface area contributed by atoms with E-state index in [0.717, 1.165) is 37.4 Å². The molecule has 4 nitrogen and oxygen atoms in total. The van der Waals surface area contributed by atoms with Crippen molar-refractivity contribution in [1.29, 1.82) is 0 Å². The highest BCUT2D eigenvalue weighted by atomic mass is 35.5. The molecule has 0 bridgehead atoms. The predicted molar refractivity (Wildman–Crippen MR) is 65.1 cm³/mol. The highest BCUT2D eigenvalue weighted by molar-refractivity contribution is 5.85. The third-order valence-electron chi connectivity index (χ3n) is 3.04. The Morgan fingerprint density at radius 2 is 2.00 bits per heavy atom. The molecule has 16 heavy (non-hydrogen) atoms. The lowest BCUT2D eigenvalue weighted by molar-refractivity contribution is 0.442. The maximum atomic E-state index is 4.30. The van der Waals surface area contributed by atoms with Gasteiger partial charge in [0.25, 0.3) is 0 Å². The predicted octanol–water partition coefficient (Wildman–Crippen LogP) is 1.62. The maximum Gasteiger partial charge on any atom is 0.160 e. The monoisotopic (exact) mass is 238 g/mol. The van der Waals surface area contributed by atoms with Crippen molar-refractivity contribution in [1.82, 2.24) is 19.9 Å². The lowest BCUT2D eigenvalue weighted by Gasteiger charge is -2.20. The van der Waals surface area contributed by atoms with E-state index < -0.39 is 0 Å². The molecule has 2 aromatic heterocycles. The quantitative estimate of drug-likeness (QED) is 0.821. The standard InChI is InChI=1S/C11H14N4.ClH/c1-2-8-15-10(3-1)13-14-11(15)9-4-6-12-7-5-9;/h1-3,8-9,12H,4-7H2;1H. The topological polar surface area (TPSA) is 42.2 Å². The molecule has 1 aliphatic heterocycles. The number of hydrogen-bond acceptors (Lipinski definition) is 3. The van der Waals surface area contributed by atoms with Crippen LogP contribution in [0.15, 0.2) is 24.4 Å². The Hall–Kier alpha value is -1.13. The summed E-state index contributed by atoms with van der Waals surface area (Å²) in [4.78, 5) is 0. The van der Waals surface area contributed by atoms with Crippen LogP contribution in [0.1, 0.15) is 24.6 Å². The average molecular weight is 239 g/mol. The Kier molecular flexibility index (Phi) is 3.41. The molecule has 1 N–H and O–H groups in total. The number of nitrogens with one attached hydrogen (secondary N) is 1. The fourth-order valence-corrected chi connectivity index (χ4v) is 2.22. The lowest BCUT2D eigenvalue weighted by Crippen LogP contribution is -2.27. The van der Waals surface area contributed by atoms with Gasteiger partial charge >= 0.3 is 0 Å². The van der Waals surface area contributed by atoms with Gasteiger partial charge in [0.1, 0.15) is 5.82 Å². The molecule has 1 fully saturated rings. The van der Waals surface area contributed by atoms with Crippen molar-refractivity contribution in [2.24, 2.45) is 0 Å². The van der Waals surface area contributed by atoms with E-state index in [1.165, 1.54) is 0 Å². The van der Waals surface area contributed by atoms with Crippen LogP contribution in [0, 0.1) is 0 Å². The molecule has 0 aromatic carbocycles. The van der Waals surface area contributed by atoms with Crippen molar-refractivity contribution in [2.45, 2.75) is 18.8 Å². The molecule has 5 heteroatoms. The van der Waals surface area contributed by atoms with Gasteiger partial charge in [-0.1, -0.05) is 6.07 Å². The second-order valence-electron chi connectivity index (χ2n) is 4.01. The second kappa shape index (κ2) is 4.80. The van der Waals surface area contributed by atoms with Crippen LogP contribution in [0.2, 0.25) is 0 Å². The van der Waals surface area contributed by atoms with Crippen LogP contribution in [0.25, 0.3) is 5.65 Å². The summed E-state index contributed by atoms with van der Waals surface area (Å²) >= 11 is 0. The number of hydrogen-bond donors (Lipinski definition) is 1. The molecular formula is C11H15ClN4. The van der Waals surface area contributed by atoms with E-state index in [1.54, 1.807) is 0 Å². The fourth-order valence-electron chi connectivity index (χ4n) is 2.22. The molecule has 1 saturated heterocycles. The zero-order chi connectivity index (χ0) is 10.1. The van der Waals surface area contributed by atoms with Crippen molar-refractivity contribution in [3.63, 3.8) is 0 Å². The molecule has 3 heterocycles. The van der Waals surface area contributed by atoms with Gasteiger partial charge in [0.15, 0.2) is 5.65 Å². The molecule has 2 aromatic rings. The summed E-state index contributed by atoms with van der Waals surface area (Å²) in [6.45, 7) is 2.18. The summed E-state index contributed by atoms with van der Waals surface area (Å²) < 4.78 is 2.11. The van der Waals surface area contributed by atoms with E-state index in [0.29, 0.717) is 5.92 Å². The first-order chi connectivity index (χ1) is 7.45. The van der Waals surface area contributed by atoms with Gasteiger partial charge in [0, 0.05) is 12.1 Å². The van der Waals surface area contributed by atoms with Gasteiger partial charge in [-0.15, -0.1) is 22.6 Å². The van der Waals surface area contributed by atoms with E-state index in [2.05, 4.69) is 19.9 Å². The van der Waals surface area contributed by atoms with Crippen molar-refractivity contribution in [2.75, 3.05) is 13.1 Å². The minimum absolute atomic E-state index is 0. The number of aromatic nitrogens is 3. The van der Waals surface area contributed by atoms with Crippen LogP contribution in [-0.4, -0.2) is 27.7 Å². The Morgan fingerprint density at radius 3 is 2.81 bits per heavy atom. The fraction of sp³-hybridized carbons (Fsp3) is 0.455. The van der Waals surface area contributed by atoms with Crippen LogP contribution in [-0.2, 0) is 0 Å². The minimum atomic E-state index is 0. The first-order valence-electron chi connectivity index (χ1n) is 5.45. The largest absolute Gasteiger partial charge is 0.317 e. The third kappa shape index (κ3) is 1.90. The number of nitrogens with zero attached hydrogens (tertiary/aromatic N) is 3. The molecule has 86 valence electrons. The summed E-state index contributed by atoms with van der Waals surface area (Å²) in [7, 11) is 0. The van der Waals surface area contributed by atoms with Crippen molar-refractivity contribution in [3.05, 3.63) is 30.2 Å². The van der Waals surface area contributed by atoms with E-state index in [-0.39, 0.29) is 12.4 Å². The third-order valence-corrected chi connectivity index (χ3v) is 3.04. The van der Waals surface area contributed by atoms with Crippen LogP contribution in [0.5, 0.6) is 0 Å². The summed E-state index contributed by atoms with van der Waals surface area (Å²) in [5, 5.41) is 11.9. The van der Waals surface area contributed by atoms with Crippen molar-refractivity contribution >= 4 is 18.1 Å².